The van der Waals surface area contributed by atoms with Gasteiger partial charge in [-0.25, -0.2) is 14.4 Å². The lowest BCUT2D eigenvalue weighted by atomic mass is 10.2. The molecule has 30 heavy (non-hydrogen) atoms. The van der Waals surface area contributed by atoms with E-state index in [4.69, 9.17) is 25.8 Å². The van der Waals surface area contributed by atoms with Gasteiger partial charge in [0.15, 0.2) is 11.5 Å². The van der Waals surface area contributed by atoms with Gasteiger partial charge in [0, 0.05) is 36.8 Å². The Hall–Kier alpha value is -2.68. The summed E-state index contributed by atoms with van der Waals surface area (Å²) in [6, 6.07) is 8.06. The van der Waals surface area contributed by atoms with E-state index in [1.165, 1.54) is 18.5 Å². The van der Waals surface area contributed by atoms with Gasteiger partial charge >= 0.3 is 0 Å². The van der Waals surface area contributed by atoms with Crippen LogP contribution in [-0.4, -0.2) is 61.4 Å². The Morgan fingerprint density at radius 3 is 2.77 bits per heavy atom. The zero-order valence-corrected chi connectivity index (χ0v) is 17.3. The topological polar surface area (TPSA) is 68.7 Å². The average Bonchev–Trinajstić information content (AvgIpc) is 2.77. The number of anilines is 2. The number of halogens is 2. The van der Waals surface area contributed by atoms with E-state index in [0.29, 0.717) is 35.1 Å². The van der Waals surface area contributed by atoms with Crippen molar-refractivity contribution < 1.29 is 18.6 Å². The van der Waals surface area contributed by atoms with E-state index in [2.05, 4.69) is 20.2 Å². The van der Waals surface area contributed by atoms with Crippen molar-refractivity contribution in [1.29, 1.82) is 0 Å². The molecule has 2 aromatic carbocycles. The predicted molar refractivity (Wildman–Crippen MR) is 114 cm³/mol. The van der Waals surface area contributed by atoms with Crippen LogP contribution in [0.5, 0.6) is 11.5 Å². The Kier molecular flexibility index (Phi) is 6.47. The van der Waals surface area contributed by atoms with E-state index in [1.807, 2.05) is 12.1 Å². The molecule has 0 bridgehead atoms. The fourth-order valence-corrected chi connectivity index (χ4v) is 3.44. The second-order valence-electron chi connectivity index (χ2n) is 6.80. The molecule has 9 heteroatoms. The van der Waals surface area contributed by atoms with Crippen LogP contribution in [0.25, 0.3) is 10.9 Å². The molecule has 7 nitrogen and oxygen atoms in total. The van der Waals surface area contributed by atoms with Crippen molar-refractivity contribution in [3.63, 3.8) is 0 Å². The number of hydrogen-bond donors (Lipinski definition) is 1. The van der Waals surface area contributed by atoms with Crippen LogP contribution in [0.15, 0.2) is 36.7 Å². The molecule has 2 heterocycles. The molecular weight excluding hydrogens is 411 g/mol. The van der Waals surface area contributed by atoms with Gasteiger partial charge in [-0.3, -0.25) is 4.90 Å². The fraction of sp³-hybridized carbons (Fsp3) is 0.333. The van der Waals surface area contributed by atoms with Gasteiger partial charge in [-0.1, -0.05) is 11.6 Å². The molecule has 0 amide bonds. The van der Waals surface area contributed by atoms with E-state index in [0.717, 1.165) is 38.2 Å². The maximum Gasteiger partial charge on any atom is 0.162 e. The van der Waals surface area contributed by atoms with Crippen LogP contribution >= 0.6 is 11.6 Å². The maximum atomic E-state index is 13.5. The van der Waals surface area contributed by atoms with Crippen molar-refractivity contribution in [3.05, 3.63) is 47.5 Å². The molecule has 1 aliphatic heterocycles. The van der Waals surface area contributed by atoms with Crippen molar-refractivity contribution in [2.24, 2.45) is 0 Å². The first-order chi connectivity index (χ1) is 14.6. The largest absolute Gasteiger partial charge is 0.493 e. The number of nitrogens with zero attached hydrogens (tertiary/aromatic N) is 3. The van der Waals surface area contributed by atoms with Crippen LogP contribution < -0.4 is 14.8 Å². The number of methoxy groups -OCH3 is 1. The molecule has 1 aliphatic rings. The molecule has 158 valence electrons. The van der Waals surface area contributed by atoms with E-state index < -0.39 is 5.82 Å². The molecule has 3 aromatic rings. The highest BCUT2D eigenvalue weighted by Crippen LogP contribution is 2.35. The minimum Gasteiger partial charge on any atom is -0.493 e. The summed E-state index contributed by atoms with van der Waals surface area (Å²) in [4.78, 5) is 10.9. The Morgan fingerprint density at radius 1 is 1.17 bits per heavy atom. The van der Waals surface area contributed by atoms with Crippen molar-refractivity contribution in [3.8, 4) is 11.5 Å². The SMILES string of the molecule is COc1cc2ncnc(Nc3ccc(F)c(Cl)c3)c2cc1OCCN1CCOCC1. The van der Waals surface area contributed by atoms with Crippen molar-refractivity contribution in [2.45, 2.75) is 0 Å². The van der Waals surface area contributed by atoms with Crippen LogP contribution in [0.1, 0.15) is 0 Å². The maximum absolute atomic E-state index is 13.5. The summed E-state index contributed by atoms with van der Waals surface area (Å²) >= 11 is 5.89. The molecule has 0 aliphatic carbocycles. The summed E-state index contributed by atoms with van der Waals surface area (Å²) in [5.74, 6) is 1.28. The lowest BCUT2D eigenvalue weighted by Gasteiger charge is -2.26. The zero-order valence-electron chi connectivity index (χ0n) is 16.5. The first-order valence-corrected chi connectivity index (χ1v) is 9.99. The van der Waals surface area contributed by atoms with Crippen LogP contribution in [0, 0.1) is 5.82 Å². The fourth-order valence-electron chi connectivity index (χ4n) is 3.26. The lowest BCUT2D eigenvalue weighted by Crippen LogP contribution is -2.38. The Balaban J connectivity index is 1.57. The molecule has 0 spiro atoms. The highest BCUT2D eigenvalue weighted by atomic mass is 35.5. The smallest absolute Gasteiger partial charge is 0.162 e. The molecule has 1 aromatic heterocycles. The summed E-state index contributed by atoms with van der Waals surface area (Å²) in [5.41, 5.74) is 1.31. The highest BCUT2D eigenvalue weighted by Gasteiger charge is 2.14. The number of aromatic nitrogens is 2. The minimum atomic E-state index is -0.476. The minimum absolute atomic E-state index is 0.0344. The van der Waals surface area contributed by atoms with Crippen LogP contribution in [0.4, 0.5) is 15.9 Å². The van der Waals surface area contributed by atoms with Crippen molar-refractivity contribution in [2.75, 3.05) is 51.9 Å². The number of rotatable bonds is 7. The monoisotopic (exact) mass is 432 g/mol. The molecule has 4 rings (SSSR count). The van der Waals surface area contributed by atoms with E-state index in [9.17, 15) is 4.39 Å². The number of hydrogen-bond acceptors (Lipinski definition) is 7. The van der Waals surface area contributed by atoms with Gasteiger partial charge in [-0.05, 0) is 24.3 Å². The Morgan fingerprint density at radius 2 is 2.00 bits per heavy atom. The number of ether oxygens (including phenoxy) is 3. The number of benzene rings is 2. The van der Waals surface area contributed by atoms with Gasteiger partial charge in [0.05, 0.1) is 30.9 Å². The number of morpholine rings is 1. The summed E-state index contributed by atoms with van der Waals surface area (Å²) in [6.45, 7) is 4.62. The molecule has 0 unspecified atom stereocenters. The lowest BCUT2D eigenvalue weighted by molar-refractivity contribution is 0.0321. The van der Waals surface area contributed by atoms with Crippen LogP contribution in [-0.2, 0) is 4.74 Å². The Bertz CT molecular complexity index is 1030. The van der Waals surface area contributed by atoms with Crippen molar-refractivity contribution in [1.82, 2.24) is 14.9 Å². The molecule has 0 atom stereocenters. The molecule has 0 saturated carbocycles. The quantitative estimate of drug-likeness (QED) is 0.607. The van der Waals surface area contributed by atoms with Gasteiger partial charge in [-0.2, -0.15) is 0 Å². The molecule has 1 saturated heterocycles. The first-order valence-electron chi connectivity index (χ1n) is 9.62. The summed E-state index contributed by atoms with van der Waals surface area (Å²) in [6.07, 6.45) is 1.45. The van der Waals surface area contributed by atoms with Gasteiger partial charge in [0.1, 0.15) is 24.6 Å². The Labute approximate surface area is 178 Å². The van der Waals surface area contributed by atoms with E-state index in [-0.39, 0.29) is 5.02 Å². The van der Waals surface area contributed by atoms with Gasteiger partial charge in [0.25, 0.3) is 0 Å². The van der Waals surface area contributed by atoms with E-state index in [1.54, 1.807) is 13.2 Å². The highest BCUT2D eigenvalue weighted by molar-refractivity contribution is 6.31. The first kappa shape index (κ1) is 20.6. The zero-order chi connectivity index (χ0) is 20.9. The summed E-state index contributed by atoms with van der Waals surface area (Å²) in [5, 5.41) is 3.95. The molecule has 1 fully saturated rings. The predicted octanol–water partition coefficient (Wildman–Crippen LogP) is 3.89. The third-order valence-electron chi connectivity index (χ3n) is 4.87. The average molecular weight is 433 g/mol. The van der Waals surface area contributed by atoms with Gasteiger partial charge in [-0.15, -0.1) is 0 Å². The van der Waals surface area contributed by atoms with Crippen molar-refractivity contribution >= 4 is 34.0 Å². The number of fused-ring (bicyclic) bond motifs is 1. The third-order valence-corrected chi connectivity index (χ3v) is 5.16. The van der Waals surface area contributed by atoms with E-state index >= 15 is 0 Å². The van der Waals surface area contributed by atoms with Gasteiger partial charge in [0.2, 0.25) is 0 Å². The molecule has 0 radical (unpaired) electrons. The standard InChI is InChI=1S/C21H22ClFN4O3/c1-28-19-12-18-15(11-20(19)30-9-6-27-4-7-29-8-5-27)21(25-13-24-18)26-14-2-3-17(23)16(22)10-14/h2-3,10-13H,4-9H2,1H3,(H,24,25,26). The normalized spacial score (nSPS) is 14.6. The molecular formula is C21H22ClFN4O3. The summed E-state index contributed by atoms with van der Waals surface area (Å²) in [7, 11) is 1.59. The van der Waals surface area contributed by atoms with Crippen LogP contribution in [0.2, 0.25) is 5.02 Å². The van der Waals surface area contributed by atoms with Crippen LogP contribution in [0.3, 0.4) is 0 Å². The third kappa shape index (κ3) is 4.72. The number of nitrogens with one attached hydrogen (secondary N) is 1. The van der Waals surface area contributed by atoms with Gasteiger partial charge < -0.3 is 19.5 Å². The second kappa shape index (κ2) is 9.42. The molecule has 1 N–H and O–H groups in total. The second-order valence-corrected chi connectivity index (χ2v) is 7.21. The summed E-state index contributed by atoms with van der Waals surface area (Å²) < 4.78 is 30.3.